The van der Waals surface area contributed by atoms with Gasteiger partial charge in [0.05, 0.1) is 13.2 Å². The van der Waals surface area contributed by atoms with Gasteiger partial charge in [-0.1, -0.05) is 0 Å². The lowest BCUT2D eigenvalue weighted by Gasteiger charge is -2.18. The van der Waals surface area contributed by atoms with Crippen molar-refractivity contribution in [1.82, 2.24) is 15.3 Å². The van der Waals surface area contributed by atoms with Gasteiger partial charge >= 0.3 is 0 Å². The highest BCUT2D eigenvalue weighted by Gasteiger charge is 2.16. The highest BCUT2D eigenvalue weighted by molar-refractivity contribution is 5.80. The van der Waals surface area contributed by atoms with Crippen molar-refractivity contribution >= 4 is 11.7 Å². The van der Waals surface area contributed by atoms with Gasteiger partial charge in [0.2, 0.25) is 5.88 Å². The predicted octanol–water partition coefficient (Wildman–Crippen LogP) is 2.75. The molecule has 2 heterocycles. The zero-order valence-corrected chi connectivity index (χ0v) is 17.9. The second-order valence-electron chi connectivity index (χ2n) is 7.11. The zero-order valence-electron chi connectivity index (χ0n) is 17.9. The summed E-state index contributed by atoms with van der Waals surface area (Å²) in [7, 11) is 0. The third-order valence-electron chi connectivity index (χ3n) is 4.70. The number of hydrogen-bond donors (Lipinski definition) is 1. The number of ether oxygens (including phenoxy) is 3. The van der Waals surface area contributed by atoms with Crippen LogP contribution in [-0.4, -0.2) is 54.8 Å². The summed E-state index contributed by atoms with van der Waals surface area (Å²) >= 11 is 0. The molecule has 1 saturated heterocycles. The van der Waals surface area contributed by atoms with Crippen molar-refractivity contribution < 1.29 is 19.0 Å². The van der Waals surface area contributed by atoms with Crippen molar-refractivity contribution in [3.05, 3.63) is 36.2 Å². The van der Waals surface area contributed by atoms with Crippen molar-refractivity contribution in [3.63, 3.8) is 0 Å². The number of hydrogen-bond acceptors (Lipinski definition) is 7. The van der Waals surface area contributed by atoms with Crippen LogP contribution >= 0.6 is 0 Å². The average Bonchev–Trinajstić information content (AvgIpc) is 3.27. The van der Waals surface area contributed by atoms with E-state index in [9.17, 15) is 4.79 Å². The van der Waals surface area contributed by atoms with Crippen LogP contribution in [0.5, 0.6) is 17.4 Å². The van der Waals surface area contributed by atoms with Crippen LogP contribution in [0.25, 0.3) is 0 Å². The maximum Gasteiger partial charge on any atom is 0.260 e. The molecule has 1 unspecified atom stereocenters. The van der Waals surface area contributed by atoms with Crippen LogP contribution in [0.4, 0.5) is 5.82 Å². The van der Waals surface area contributed by atoms with Crippen LogP contribution in [0.15, 0.2) is 30.3 Å². The third kappa shape index (κ3) is 6.23. The molecule has 30 heavy (non-hydrogen) atoms. The Balaban J connectivity index is 1.42. The molecule has 1 aliphatic heterocycles. The molecule has 162 valence electrons. The summed E-state index contributed by atoms with van der Waals surface area (Å²) < 4.78 is 16.8. The van der Waals surface area contributed by atoms with Gasteiger partial charge in [-0.05, 0) is 57.9 Å². The van der Waals surface area contributed by atoms with Crippen molar-refractivity contribution in [2.24, 2.45) is 0 Å². The minimum absolute atomic E-state index is 0.205. The number of nitrogens with one attached hydrogen (secondary N) is 1. The molecule has 0 radical (unpaired) electrons. The molecule has 1 aromatic carbocycles. The second-order valence-corrected chi connectivity index (χ2v) is 7.11. The van der Waals surface area contributed by atoms with E-state index < -0.39 is 6.10 Å². The van der Waals surface area contributed by atoms with Crippen molar-refractivity contribution in [1.29, 1.82) is 0 Å². The Labute approximate surface area is 177 Å². The lowest BCUT2D eigenvalue weighted by molar-refractivity contribution is -0.127. The fraction of sp³-hybridized carbons (Fsp3) is 0.500. The lowest BCUT2D eigenvalue weighted by Crippen LogP contribution is -2.38. The van der Waals surface area contributed by atoms with Crippen molar-refractivity contribution in [3.8, 4) is 17.4 Å². The number of carbonyl (C=O) groups is 1. The first-order valence-corrected chi connectivity index (χ1v) is 10.5. The summed E-state index contributed by atoms with van der Waals surface area (Å²) in [5, 5.41) is 2.82. The number of amides is 1. The molecule has 0 spiro atoms. The number of rotatable bonds is 10. The summed E-state index contributed by atoms with van der Waals surface area (Å²) in [6.07, 6.45) is 1.75. The van der Waals surface area contributed by atoms with Gasteiger partial charge in [0, 0.05) is 19.2 Å². The van der Waals surface area contributed by atoms with E-state index in [-0.39, 0.29) is 5.91 Å². The first kappa shape index (κ1) is 21.7. The van der Waals surface area contributed by atoms with Gasteiger partial charge in [-0.15, -0.1) is 0 Å². The van der Waals surface area contributed by atoms with E-state index in [1.54, 1.807) is 19.1 Å². The number of benzene rings is 1. The number of anilines is 1. The molecule has 1 amide bonds. The lowest BCUT2D eigenvalue weighted by atomic mass is 10.3. The highest BCUT2D eigenvalue weighted by Crippen LogP contribution is 2.21. The Hall–Kier alpha value is -3.03. The largest absolute Gasteiger partial charge is 0.494 e. The molecule has 1 aliphatic rings. The fourth-order valence-electron chi connectivity index (χ4n) is 3.22. The molecule has 3 rings (SSSR count). The number of carbonyl (C=O) groups excluding carboxylic acids is 1. The molecule has 8 nitrogen and oxygen atoms in total. The van der Waals surface area contributed by atoms with Gasteiger partial charge in [0.25, 0.3) is 5.91 Å². The van der Waals surface area contributed by atoms with Crippen LogP contribution in [-0.2, 0) is 4.79 Å². The number of nitrogens with zero attached hydrogens (tertiary/aromatic N) is 3. The predicted molar refractivity (Wildman–Crippen MR) is 114 cm³/mol. The van der Waals surface area contributed by atoms with Crippen LogP contribution < -0.4 is 24.4 Å². The topological polar surface area (TPSA) is 85.8 Å². The first-order valence-electron chi connectivity index (χ1n) is 10.5. The van der Waals surface area contributed by atoms with E-state index >= 15 is 0 Å². The number of aromatic nitrogens is 2. The van der Waals surface area contributed by atoms with Crippen LogP contribution in [0, 0.1) is 6.92 Å². The molecule has 8 heteroatoms. The molecule has 1 atom stereocenters. The minimum atomic E-state index is -0.619. The molecule has 0 bridgehead atoms. The summed E-state index contributed by atoms with van der Waals surface area (Å²) in [5.41, 5.74) is 0. The zero-order chi connectivity index (χ0) is 21.3. The monoisotopic (exact) mass is 414 g/mol. The van der Waals surface area contributed by atoms with Crippen LogP contribution in [0.1, 0.15) is 32.5 Å². The SMILES string of the molecule is CCOc1ccc(OC(C)C(=O)NCCOc2cc(N3CCCC3)nc(C)n2)cc1. The Morgan fingerprint density at radius 1 is 1.13 bits per heavy atom. The smallest absolute Gasteiger partial charge is 0.260 e. The van der Waals surface area contributed by atoms with Gasteiger partial charge in [-0.3, -0.25) is 4.79 Å². The van der Waals surface area contributed by atoms with E-state index in [1.807, 2.05) is 32.0 Å². The highest BCUT2D eigenvalue weighted by atomic mass is 16.5. The van der Waals surface area contributed by atoms with Crippen LogP contribution in [0.3, 0.4) is 0 Å². The van der Waals surface area contributed by atoms with Crippen LogP contribution in [0.2, 0.25) is 0 Å². The fourth-order valence-corrected chi connectivity index (χ4v) is 3.22. The Morgan fingerprint density at radius 2 is 1.83 bits per heavy atom. The van der Waals surface area contributed by atoms with E-state index in [4.69, 9.17) is 14.2 Å². The maximum absolute atomic E-state index is 12.3. The Morgan fingerprint density at radius 3 is 2.53 bits per heavy atom. The molecule has 0 saturated carbocycles. The molecule has 1 aromatic heterocycles. The van der Waals surface area contributed by atoms with E-state index in [2.05, 4.69) is 20.2 Å². The maximum atomic E-state index is 12.3. The summed E-state index contributed by atoms with van der Waals surface area (Å²) in [6.45, 7) is 8.80. The molecule has 2 aromatic rings. The van der Waals surface area contributed by atoms with E-state index in [1.165, 1.54) is 12.8 Å². The van der Waals surface area contributed by atoms with Gasteiger partial charge in [0.1, 0.15) is 29.7 Å². The van der Waals surface area contributed by atoms with Crippen molar-refractivity contribution in [2.75, 3.05) is 37.7 Å². The molecule has 0 aliphatic carbocycles. The first-order chi connectivity index (χ1) is 14.5. The normalized spacial score (nSPS) is 14.3. The van der Waals surface area contributed by atoms with E-state index in [0.717, 1.165) is 24.7 Å². The van der Waals surface area contributed by atoms with Gasteiger partial charge in [-0.2, -0.15) is 4.98 Å². The average molecular weight is 415 g/mol. The van der Waals surface area contributed by atoms with Gasteiger partial charge in [0.15, 0.2) is 6.10 Å². The molecule has 1 N–H and O–H groups in total. The standard InChI is InChI=1S/C22H30N4O4/c1-4-28-18-7-9-19(10-8-18)30-16(2)22(27)23-11-14-29-21-15-20(24-17(3)25-21)26-12-5-6-13-26/h7-10,15-16H,4-6,11-14H2,1-3H3,(H,23,27). The Kier molecular flexibility index (Phi) is 7.70. The molecule has 1 fully saturated rings. The summed E-state index contributed by atoms with van der Waals surface area (Å²) in [4.78, 5) is 23.3. The van der Waals surface area contributed by atoms with Gasteiger partial charge < -0.3 is 24.4 Å². The summed E-state index contributed by atoms with van der Waals surface area (Å²) in [5.74, 6) is 3.28. The van der Waals surface area contributed by atoms with E-state index in [0.29, 0.717) is 37.2 Å². The molecular formula is C22H30N4O4. The summed E-state index contributed by atoms with van der Waals surface area (Å²) in [6, 6.07) is 9.06. The van der Waals surface area contributed by atoms with Crippen molar-refractivity contribution in [2.45, 2.75) is 39.7 Å². The minimum Gasteiger partial charge on any atom is -0.494 e. The number of aryl methyl sites for hydroxylation is 1. The third-order valence-corrected chi connectivity index (χ3v) is 4.70. The molecular weight excluding hydrogens is 384 g/mol. The Bertz CT molecular complexity index is 822. The quantitative estimate of drug-likeness (QED) is 0.598. The second kappa shape index (κ2) is 10.7. The van der Waals surface area contributed by atoms with Gasteiger partial charge in [-0.25, -0.2) is 4.98 Å².